The number of hydrogen-bond donors (Lipinski definition) is 1. The van der Waals surface area contributed by atoms with Crippen LogP contribution in [0, 0.1) is 0 Å². The first-order valence-corrected chi connectivity index (χ1v) is 9.07. The van der Waals surface area contributed by atoms with Crippen LogP contribution in [0.1, 0.15) is 23.2 Å². The van der Waals surface area contributed by atoms with Crippen LogP contribution in [0.2, 0.25) is 0 Å². The first-order chi connectivity index (χ1) is 13.2. The molecule has 0 atom stereocenters. The van der Waals surface area contributed by atoms with E-state index in [1.807, 2.05) is 47.4 Å². The lowest BCUT2D eigenvalue weighted by molar-refractivity contribution is -0.124. The van der Waals surface area contributed by atoms with Crippen molar-refractivity contribution in [1.29, 1.82) is 0 Å². The molecule has 0 aromatic heterocycles. The van der Waals surface area contributed by atoms with E-state index in [0.717, 1.165) is 12.8 Å². The zero-order chi connectivity index (χ0) is 19.1. The van der Waals surface area contributed by atoms with Crippen molar-refractivity contribution in [3.63, 3.8) is 0 Å². The molecule has 1 aliphatic rings. The minimum absolute atomic E-state index is 0.0416. The normalized spacial score (nSPS) is 14.5. The molecule has 0 aliphatic carbocycles. The van der Waals surface area contributed by atoms with Crippen LogP contribution in [-0.2, 0) is 4.79 Å². The first-order valence-electron chi connectivity index (χ1n) is 9.07. The van der Waals surface area contributed by atoms with Crippen LogP contribution in [0.5, 0.6) is 11.5 Å². The summed E-state index contributed by atoms with van der Waals surface area (Å²) in [6.45, 7) is 1.20. The smallest absolute Gasteiger partial charge is 0.258 e. The predicted molar refractivity (Wildman–Crippen MR) is 102 cm³/mol. The van der Waals surface area contributed by atoms with E-state index < -0.39 is 0 Å². The molecule has 2 aromatic rings. The van der Waals surface area contributed by atoms with Crippen LogP contribution in [0.25, 0.3) is 0 Å². The van der Waals surface area contributed by atoms with E-state index in [9.17, 15) is 9.59 Å². The molecule has 0 radical (unpaired) electrons. The Kier molecular flexibility index (Phi) is 6.30. The Bertz CT molecular complexity index is 771. The molecule has 0 unspecified atom stereocenters. The van der Waals surface area contributed by atoms with E-state index in [2.05, 4.69) is 5.32 Å². The molecule has 0 saturated carbocycles. The number of piperidine rings is 1. The Balaban J connectivity index is 1.43. The van der Waals surface area contributed by atoms with Crippen LogP contribution in [0.15, 0.2) is 54.6 Å². The minimum Gasteiger partial charge on any atom is -0.493 e. The third-order valence-electron chi connectivity index (χ3n) is 4.60. The average molecular weight is 368 g/mol. The number of amides is 2. The van der Waals surface area contributed by atoms with E-state index in [-0.39, 0.29) is 24.5 Å². The van der Waals surface area contributed by atoms with Gasteiger partial charge < -0.3 is 19.7 Å². The van der Waals surface area contributed by atoms with Gasteiger partial charge in [-0.25, -0.2) is 0 Å². The fourth-order valence-electron chi connectivity index (χ4n) is 3.14. The Labute approximate surface area is 159 Å². The van der Waals surface area contributed by atoms with Crippen molar-refractivity contribution < 1.29 is 19.1 Å². The standard InChI is InChI=1S/C21H24N2O4/c1-26-18-9-5-6-10-19(18)27-15-20(24)22-17-11-13-23(14-12-17)21(25)16-7-3-2-4-8-16/h2-10,17H,11-15H2,1H3,(H,22,24). The molecule has 6 nitrogen and oxygen atoms in total. The van der Waals surface area contributed by atoms with Crippen molar-refractivity contribution in [2.24, 2.45) is 0 Å². The number of nitrogens with zero attached hydrogens (tertiary/aromatic N) is 1. The molecule has 142 valence electrons. The van der Waals surface area contributed by atoms with Gasteiger partial charge in [0.25, 0.3) is 11.8 Å². The Morgan fingerprint density at radius 3 is 2.30 bits per heavy atom. The van der Waals surface area contributed by atoms with Gasteiger partial charge in [0.05, 0.1) is 7.11 Å². The predicted octanol–water partition coefficient (Wildman–Crippen LogP) is 2.50. The Morgan fingerprint density at radius 2 is 1.63 bits per heavy atom. The summed E-state index contributed by atoms with van der Waals surface area (Å²) in [5.74, 6) is 1.00. The van der Waals surface area contributed by atoms with Gasteiger partial charge in [-0.05, 0) is 37.1 Å². The summed E-state index contributed by atoms with van der Waals surface area (Å²) in [6.07, 6.45) is 1.47. The van der Waals surface area contributed by atoms with Crippen molar-refractivity contribution in [2.75, 3.05) is 26.8 Å². The lowest BCUT2D eigenvalue weighted by Crippen LogP contribution is -2.47. The van der Waals surface area contributed by atoms with Crippen molar-refractivity contribution in [3.05, 3.63) is 60.2 Å². The van der Waals surface area contributed by atoms with Crippen molar-refractivity contribution in [2.45, 2.75) is 18.9 Å². The van der Waals surface area contributed by atoms with E-state index in [4.69, 9.17) is 9.47 Å². The maximum Gasteiger partial charge on any atom is 0.258 e. The summed E-state index contributed by atoms with van der Waals surface area (Å²) in [5.41, 5.74) is 0.699. The van der Waals surface area contributed by atoms with Crippen LogP contribution >= 0.6 is 0 Å². The quantitative estimate of drug-likeness (QED) is 0.851. The van der Waals surface area contributed by atoms with Gasteiger partial charge >= 0.3 is 0 Å². The van der Waals surface area contributed by atoms with Crippen LogP contribution in [0.3, 0.4) is 0 Å². The molecular weight excluding hydrogens is 344 g/mol. The molecule has 2 aromatic carbocycles. The molecule has 6 heteroatoms. The highest BCUT2D eigenvalue weighted by atomic mass is 16.5. The van der Waals surface area contributed by atoms with E-state index in [1.54, 1.807) is 19.2 Å². The van der Waals surface area contributed by atoms with Gasteiger partial charge in [0.1, 0.15) is 0 Å². The van der Waals surface area contributed by atoms with E-state index >= 15 is 0 Å². The third-order valence-corrected chi connectivity index (χ3v) is 4.60. The lowest BCUT2D eigenvalue weighted by atomic mass is 10.0. The average Bonchev–Trinajstić information content (AvgIpc) is 2.73. The van der Waals surface area contributed by atoms with Gasteiger partial charge in [-0.2, -0.15) is 0 Å². The van der Waals surface area contributed by atoms with Gasteiger partial charge in [-0.3, -0.25) is 9.59 Å². The highest BCUT2D eigenvalue weighted by Gasteiger charge is 2.24. The minimum atomic E-state index is -0.172. The molecule has 0 bridgehead atoms. The molecule has 3 rings (SSSR count). The number of carbonyl (C=O) groups is 2. The third kappa shape index (κ3) is 5.00. The number of para-hydroxylation sites is 2. The van der Waals surface area contributed by atoms with Gasteiger partial charge in [-0.15, -0.1) is 0 Å². The number of methoxy groups -OCH3 is 1. The van der Waals surface area contributed by atoms with Crippen molar-refractivity contribution in [3.8, 4) is 11.5 Å². The number of likely N-dealkylation sites (tertiary alicyclic amines) is 1. The monoisotopic (exact) mass is 368 g/mol. The second-order valence-electron chi connectivity index (χ2n) is 6.44. The van der Waals surface area contributed by atoms with E-state index in [1.165, 1.54) is 0 Å². The number of nitrogens with one attached hydrogen (secondary N) is 1. The molecule has 1 aliphatic heterocycles. The fraction of sp³-hybridized carbons (Fsp3) is 0.333. The van der Waals surface area contributed by atoms with Crippen LogP contribution in [0.4, 0.5) is 0 Å². The summed E-state index contributed by atoms with van der Waals surface area (Å²) in [5, 5.41) is 2.98. The van der Waals surface area contributed by atoms with Crippen molar-refractivity contribution in [1.82, 2.24) is 10.2 Å². The SMILES string of the molecule is COc1ccccc1OCC(=O)NC1CCN(C(=O)c2ccccc2)CC1. The highest BCUT2D eigenvalue weighted by molar-refractivity contribution is 5.94. The highest BCUT2D eigenvalue weighted by Crippen LogP contribution is 2.25. The number of benzene rings is 2. The number of ether oxygens (including phenoxy) is 2. The van der Waals surface area contributed by atoms with Crippen LogP contribution < -0.4 is 14.8 Å². The molecule has 1 fully saturated rings. The van der Waals surface area contributed by atoms with Gasteiger partial charge in [-0.1, -0.05) is 30.3 Å². The molecule has 1 N–H and O–H groups in total. The number of rotatable bonds is 6. The largest absolute Gasteiger partial charge is 0.493 e. The maximum absolute atomic E-state index is 12.5. The summed E-state index contributed by atoms with van der Waals surface area (Å²) in [6, 6.07) is 16.5. The molecule has 1 saturated heterocycles. The molecule has 27 heavy (non-hydrogen) atoms. The second kappa shape index (κ2) is 9.07. The maximum atomic E-state index is 12.5. The Morgan fingerprint density at radius 1 is 1.00 bits per heavy atom. The fourth-order valence-corrected chi connectivity index (χ4v) is 3.14. The van der Waals surface area contributed by atoms with Crippen LogP contribution in [-0.4, -0.2) is 49.6 Å². The van der Waals surface area contributed by atoms with Gasteiger partial charge in [0.15, 0.2) is 18.1 Å². The first kappa shape index (κ1) is 18.8. The second-order valence-corrected chi connectivity index (χ2v) is 6.44. The van der Waals surface area contributed by atoms with Gasteiger partial charge in [0.2, 0.25) is 0 Å². The zero-order valence-electron chi connectivity index (χ0n) is 15.4. The summed E-state index contributed by atoms with van der Waals surface area (Å²) < 4.78 is 10.8. The number of carbonyl (C=O) groups excluding carboxylic acids is 2. The van der Waals surface area contributed by atoms with E-state index in [0.29, 0.717) is 30.2 Å². The lowest BCUT2D eigenvalue weighted by Gasteiger charge is -2.32. The number of hydrogen-bond acceptors (Lipinski definition) is 4. The summed E-state index contributed by atoms with van der Waals surface area (Å²) in [7, 11) is 1.56. The zero-order valence-corrected chi connectivity index (χ0v) is 15.4. The van der Waals surface area contributed by atoms with Crippen molar-refractivity contribution >= 4 is 11.8 Å². The summed E-state index contributed by atoms with van der Waals surface area (Å²) >= 11 is 0. The topological polar surface area (TPSA) is 67.9 Å². The molecule has 1 heterocycles. The molecule has 0 spiro atoms. The Hall–Kier alpha value is -3.02. The molecular formula is C21H24N2O4. The summed E-state index contributed by atoms with van der Waals surface area (Å²) in [4.78, 5) is 26.5. The van der Waals surface area contributed by atoms with Gasteiger partial charge in [0, 0.05) is 24.7 Å². The molecule has 2 amide bonds.